The average molecular weight is 303 g/mol. The van der Waals surface area contributed by atoms with E-state index in [4.69, 9.17) is 5.73 Å². The predicted octanol–water partition coefficient (Wildman–Crippen LogP) is 1.98. The predicted molar refractivity (Wildman–Crippen MR) is 67.7 cm³/mol. The van der Waals surface area contributed by atoms with Crippen LogP contribution in [0.3, 0.4) is 0 Å². The first kappa shape index (κ1) is 14.8. The molecule has 9 heteroatoms. The van der Waals surface area contributed by atoms with Gasteiger partial charge in [-0.2, -0.15) is 13.2 Å². The van der Waals surface area contributed by atoms with Crippen LogP contribution in [-0.4, -0.2) is 19.7 Å². The van der Waals surface area contributed by atoms with Crippen LogP contribution in [-0.2, 0) is 25.5 Å². The van der Waals surface area contributed by atoms with Crippen LogP contribution in [0.2, 0.25) is 0 Å². The van der Waals surface area contributed by atoms with E-state index in [9.17, 15) is 13.2 Å². The Labute approximate surface area is 117 Å². The molecule has 0 bridgehead atoms. The zero-order valence-corrected chi connectivity index (χ0v) is 11.4. The Morgan fingerprint density at radius 2 is 2.05 bits per heavy atom. The summed E-state index contributed by atoms with van der Waals surface area (Å²) in [6.07, 6.45) is -3.19. The van der Waals surface area contributed by atoms with Crippen molar-refractivity contribution >= 4 is 11.8 Å². The van der Waals surface area contributed by atoms with Gasteiger partial charge in [0.05, 0.1) is 6.54 Å². The van der Waals surface area contributed by atoms with E-state index in [0.29, 0.717) is 22.3 Å². The lowest BCUT2D eigenvalue weighted by Gasteiger charge is -2.06. The van der Waals surface area contributed by atoms with Gasteiger partial charge in [0.15, 0.2) is 5.16 Å². The van der Waals surface area contributed by atoms with Crippen LogP contribution in [0.5, 0.6) is 0 Å². The van der Waals surface area contributed by atoms with Gasteiger partial charge in [0.25, 0.3) is 0 Å². The average Bonchev–Trinajstić information content (AvgIpc) is 2.76. The Kier molecular flexibility index (Phi) is 4.29. The molecule has 2 aromatic heterocycles. The molecule has 0 saturated heterocycles. The van der Waals surface area contributed by atoms with Crippen LogP contribution in [0.4, 0.5) is 13.2 Å². The van der Waals surface area contributed by atoms with Gasteiger partial charge in [-0.15, -0.1) is 10.2 Å². The molecule has 2 N–H and O–H groups in total. The Morgan fingerprint density at radius 3 is 2.55 bits per heavy atom. The van der Waals surface area contributed by atoms with Gasteiger partial charge in [-0.3, -0.25) is 4.98 Å². The molecule has 0 saturated carbocycles. The Hall–Kier alpha value is -1.61. The highest BCUT2D eigenvalue weighted by molar-refractivity contribution is 7.98. The normalized spacial score (nSPS) is 11.8. The van der Waals surface area contributed by atoms with Crippen molar-refractivity contribution in [3.63, 3.8) is 0 Å². The van der Waals surface area contributed by atoms with Gasteiger partial charge in [-0.05, 0) is 11.6 Å². The van der Waals surface area contributed by atoms with Crippen LogP contribution in [0, 0.1) is 0 Å². The first-order chi connectivity index (χ1) is 9.41. The van der Waals surface area contributed by atoms with Crippen molar-refractivity contribution in [2.24, 2.45) is 12.8 Å². The van der Waals surface area contributed by atoms with Crippen molar-refractivity contribution in [2.75, 3.05) is 0 Å². The molecule has 0 spiro atoms. The van der Waals surface area contributed by atoms with Crippen molar-refractivity contribution in [1.29, 1.82) is 0 Å². The number of halogens is 3. The Morgan fingerprint density at radius 1 is 1.30 bits per heavy atom. The minimum Gasteiger partial charge on any atom is -0.324 e. The second kappa shape index (κ2) is 5.80. The second-order valence-corrected chi connectivity index (χ2v) is 4.94. The van der Waals surface area contributed by atoms with Crippen LogP contribution < -0.4 is 5.73 Å². The van der Waals surface area contributed by atoms with Crippen molar-refractivity contribution in [3.05, 3.63) is 35.4 Å². The van der Waals surface area contributed by atoms with Crippen LogP contribution in [0.15, 0.2) is 23.5 Å². The minimum absolute atomic E-state index is 0.284. The molecule has 2 aromatic rings. The van der Waals surface area contributed by atoms with E-state index in [2.05, 4.69) is 15.2 Å². The molecule has 0 aliphatic heterocycles. The van der Waals surface area contributed by atoms with Gasteiger partial charge in [0.2, 0.25) is 0 Å². The van der Waals surface area contributed by atoms with Crippen LogP contribution in [0.1, 0.15) is 17.1 Å². The number of nitrogens with two attached hydrogens (primary N) is 1. The zero-order chi connectivity index (χ0) is 14.8. The van der Waals surface area contributed by atoms with E-state index < -0.39 is 11.9 Å². The molecule has 0 aliphatic carbocycles. The van der Waals surface area contributed by atoms with Gasteiger partial charge in [0.1, 0.15) is 11.5 Å². The number of pyridine rings is 1. The van der Waals surface area contributed by atoms with E-state index in [0.717, 1.165) is 6.07 Å². The molecular weight excluding hydrogens is 291 g/mol. The fraction of sp³-hybridized carbons (Fsp3) is 0.364. The molecule has 2 heterocycles. The number of aromatic nitrogens is 4. The van der Waals surface area contributed by atoms with Gasteiger partial charge >= 0.3 is 6.18 Å². The Balaban J connectivity index is 2.02. The summed E-state index contributed by atoms with van der Waals surface area (Å²) >= 11 is 1.36. The summed E-state index contributed by atoms with van der Waals surface area (Å²) in [4.78, 5) is 3.40. The fourth-order valence-electron chi connectivity index (χ4n) is 1.47. The number of rotatable bonds is 4. The SMILES string of the molecule is Cn1c(CN)nnc1SCc1ccc(C(F)(F)F)nc1. The smallest absolute Gasteiger partial charge is 0.324 e. The van der Waals surface area contributed by atoms with Crippen molar-refractivity contribution in [3.8, 4) is 0 Å². The first-order valence-electron chi connectivity index (χ1n) is 5.65. The topological polar surface area (TPSA) is 69.6 Å². The maximum Gasteiger partial charge on any atom is 0.433 e. The van der Waals surface area contributed by atoms with Gasteiger partial charge in [-0.25, -0.2) is 0 Å². The van der Waals surface area contributed by atoms with Gasteiger partial charge in [0, 0.05) is 19.0 Å². The molecule has 108 valence electrons. The highest BCUT2D eigenvalue weighted by atomic mass is 32.2. The standard InChI is InChI=1S/C11H12F3N5S/c1-19-9(4-15)17-18-10(19)20-6-7-2-3-8(16-5-7)11(12,13)14/h2-3,5H,4,6,15H2,1H3. The third kappa shape index (κ3) is 3.28. The number of nitrogens with zero attached hydrogens (tertiary/aromatic N) is 4. The minimum atomic E-state index is -4.41. The molecule has 0 fully saturated rings. The number of hydrogen-bond acceptors (Lipinski definition) is 5. The van der Waals surface area contributed by atoms with Gasteiger partial charge < -0.3 is 10.3 Å². The number of hydrogen-bond donors (Lipinski definition) is 1. The monoisotopic (exact) mass is 303 g/mol. The van der Waals surface area contributed by atoms with Crippen molar-refractivity contribution < 1.29 is 13.2 Å². The van der Waals surface area contributed by atoms with Crippen LogP contribution in [0.25, 0.3) is 0 Å². The highest BCUT2D eigenvalue weighted by Gasteiger charge is 2.31. The molecule has 20 heavy (non-hydrogen) atoms. The molecule has 0 radical (unpaired) electrons. The van der Waals surface area contributed by atoms with Crippen molar-refractivity contribution in [2.45, 2.75) is 23.6 Å². The lowest BCUT2D eigenvalue weighted by atomic mass is 10.3. The van der Waals surface area contributed by atoms with E-state index in [1.54, 1.807) is 11.6 Å². The summed E-state index contributed by atoms with van der Waals surface area (Å²) in [5.74, 6) is 1.11. The molecule has 0 aliphatic rings. The zero-order valence-electron chi connectivity index (χ0n) is 10.6. The lowest BCUT2D eigenvalue weighted by Crippen LogP contribution is -2.07. The largest absolute Gasteiger partial charge is 0.433 e. The highest BCUT2D eigenvalue weighted by Crippen LogP contribution is 2.28. The molecule has 0 unspecified atom stereocenters. The Bertz CT molecular complexity index is 579. The van der Waals surface area contributed by atoms with Gasteiger partial charge in [-0.1, -0.05) is 17.8 Å². The first-order valence-corrected chi connectivity index (χ1v) is 6.63. The van der Waals surface area contributed by atoms with E-state index in [-0.39, 0.29) is 6.54 Å². The molecular formula is C11H12F3N5S. The molecule has 2 rings (SSSR count). The third-order valence-corrected chi connectivity index (χ3v) is 3.68. The lowest BCUT2D eigenvalue weighted by molar-refractivity contribution is -0.141. The third-order valence-electron chi connectivity index (χ3n) is 2.59. The molecule has 5 nitrogen and oxygen atoms in total. The van der Waals surface area contributed by atoms with Crippen molar-refractivity contribution in [1.82, 2.24) is 19.7 Å². The summed E-state index contributed by atoms with van der Waals surface area (Å²) < 4.78 is 38.8. The molecule has 0 amide bonds. The second-order valence-electron chi connectivity index (χ2n) is 4.00. The molecule has 0 atom stereocenters. The summed E-state index contributed by atoms with van der Waals surface area (Å²) in [6.45, 7) is 0.284. The quantitative estimate of drug-likeness (QED) is 0.875. The van der Waals surface area contributed by atoms with E-state index >= 15 is 0 Å². The summed E-state index contributed by atoms with van der Waals surface area (Å²) in [7, 11) is 1.79. The summed E-state index contributed by atoms with van der Waals surface area (Å²) in [5.41, 5.74) is 5.27. The maximum atomic E-state index is 12.4. The summed E-state index contributed by atoms with van der Waals surface area (Å²) in [6, 6.07) is 2.38. The molecule has 0 aromatic carbocycles. The fourth-order valence-corrected chi connectivity index (χ4v) is 2.34. The number of thioether (sulfide) groups is 1. The van der Waals surface area contributed by atoms with E-state index in [1.807, 2.05) is 0 Å². The van der Waals surface area contributed by atoms with E-state index in [1.165, 1.54) is 24.0 Å². The van der Waals surface area contributed by atoms with Crippen LogP contribution >= 0.6 is 11.8 Å². The summed E-state index contributed by atoms with van der Waals surface area (Å²) in [5, 5.41) is 8.51. The number of alkyl halides is 3. The maximum absolute atomic E-state index is 12.4.